The summed E-state index contributed by atoms with van der Waals surface area (Å²) in [5, 5.41) is 12.0. The van der Waals surface area contributed by atoms with Crippen LogP contribution >= 0.6 is 22.9 Å². The van der Waals surface area contributed by atoms with Crippen molar-refractivity contribution in [1.82, 2.24) is 14.9 Å². The molecular formula is C27H26ClFN4OS. The van der Waals surface area contributed by atoms with Gasteiger partial charge in [0.2, 0.25) is 0 Å². The third kappa shape index (κ3) is 4.15. The van der Waals surface area contributed by atoms with E-state index in [4.69, 9.17) is 16.6 Å². The van der Waals surface area contributed by atoms with Crippen LogP contribution in [0.15, 0.2) is 48.8 Å². The molecule has 0 amide bonds. The largest absolute Gasteiger partial charge is 0.508 e. The first-order valence-electron chi connectivity index (χ1n) is 12.1. The number of halogens is 2. The van der Waals surface area contributed by atoms with Gasteiger partial charge in [-0.1, -0.05) is 35.9 Å². The quantitative estimate of drug-likeness (QED) is 0.367. The third-order valence-corrected chi connectivity index (χ3v) is 8.69. The van der Waals surface area contributed by atoms with Gasteiger partial charge < -0.3 is 10.0 Å². The molecule has 1 fully saturated rings. The van der Waals surface area contributed by atoms with Crippen LogP contribution in [-0.2, 0) is 12.8 Å². The molecule has 0 saturated carbocycles. The number of anilines is 1. The van der Waals surface area contributed by atoms with Gasteiger partial charge >= 0.3 is 0 Å². The Balaban J connectivity index is 1.31. The molecule has 1 aliphatic carbocycles. The van der Waals surface area contributed by atoms with E-state index in [1.165, 1.54) is 34.7 Å². The lowest BCUT2D eigenvalue weighted by atomic mass is 9.95. The summed E-state index contributed by atoms with van der Waals surface area (Å²) in [6, 6.07) is 12.0. The highest BCUT2D eigenvalue weighted by atomic mass is 35.5. The predicted octanol–water partition coefficient (Wildman–Crippen LogP) is 5.98. The minimum absolute atomic E-state index is 0.0900. The van der Waals surface area contributed by atoms with Gasteiger partial charge in [-0.2, -0.15) is 0 Å². The third-order valence-electron chi connectivity index (χ3n) is 7.20. The summed E-state index contributed by atoms with van der Waals surface area (Å²) in [6.45, 7) is 3.14. The number of hydrogen-bond acceptors (Lipinski definition) is 6. The maximum Gasteiger partial charge on any atom is 0.141 e. The van der Waals surface area contributed by atoms with Crippen molar-refractivity contribution in [1.29, 1.82) is 0 Å². The monoisotopic (exact) mass is 508 g/mol. The maximum atomic E-state index is 13.9. The standard InChI is InChI=1S/C27H26ClFN4OS/c28-20-15-17(9-10-21(20)29)25(18-5-1-3-7-22(18)34)32-11-13-33(14-12-32)26-24-19-6-2-4-8-23(19)35-27(24)31-16-30-26/h1,3,5,7,9-10,15-16,25,34H,2,4,6,8,11-14H2. The van der Waals surface area contributed by atoms with E-state index >= 15 is 0 Å². The normalized spacial score (nSPS) is 17.5. The van der Waals surface area contributed by atoms with Gasteiger partial charge in [0.25, 0.3) is 0 Å². The Morgan fingerprint density at radius 1 is 1.00 bits per heavy atom. The molecule has 8 heteroatoms. The molecule has 1 unspecified atom stereocenters. The van der Waals surface area contributed by atoms with Crippen LogP contribution in [0.2, 0.25) is 5.02 Å². The number of nitrogens with zero attached hydrogens (tertiary/aromatic N) is 4. The summed E-state index contributed by atoms with van der Waals surface area (Å²) >= 11 is 7.98. The van der Waals surface area contributed by atoms with E-state index in [1.54, 1.807) is 24.5 Å². The SMILES string of the molecule is Oc1ccccc1C(c1ccc(F)c(Cl)c1)N1CCN(c2ncnc3sc4c(c23)CCCC4)CC1. The van der Waals surface area contributed by atoms with E-state index in [0.29, 0.717) is 0 Å². The minimum Gasteiger partial charge on any atom is -0.508 e. The van der Waals surface area contributed by atoms with E-state index in [2.05, 4.69) is 14.8 Å². The van der Waals surface area contributed by atoms with Crippen molar-refractivity contribution in [2.45, 2.75) is 31.7 Å². The van der Waals surface area contributed by atoms with E-state index in [9.17, 15) is 9.50 Å². The summed E-state index contributed by atoms with van der Waals surface area (Å²) in [4.78, 5) is 16.6. The molecular weight excluding hydrogens is 483 g/mol. The minimum atomic E-state index is -0.442. The summed E-state index contributed by atoms with van der Waals surface area (Å²) in [7, 11) is 0. The molecule has 180 valence electrons. The molecule has 5 nitrogen and oxygen atoms in total. The molecule has 1 N–H and O–H groups in total. The number of para-hydroxylation sites is 1. The second kappa shape index (κ2) is 9.37. The van der Waals surface area contributed by atoms with E-state index in [1.807, 2.05) is 29.5 Å². The number of thiophene rings is 1. The average molecular weight is 509 g/mol. The highest BCUT2D eigenvalue weighted by molar-refractivity contribution is 7.19. The molecule has 4 aromatic rings. The molecule has 3 heterocycles. The molecule has 35 heavy (non-hydrogen) atoms. The number of rotatable bonds is 4. The second-order valence-corrected chi connectivity index (χ2v) is 10.7. The second-order valence-electron chi connectivity index (χ2n) is 9.25. The molecule has 1 saturated heterocycles. The molecule has 1 atom stereocenters. The average Bonchev–Trinajstić information content (AvgIpc) is 3.27. The maximum absolute atomic E-state index is 13.9. The Morgan fingerprint density at radius 3 is 2.60 bits per heavy atom. The van der Waals surface area contributed by atoms with Crippen molar-refractivity contribution in [3.63, 3.8) is 0 Å². The number of aromatic nitrogens is 2. The van der Waals surface area contributed by atoms with E-state index in [0.717, 1.165) is 60.8 Å². The fraction of sp³-hybridized carbons (Fsp3) is 0.333. The zero-order chi connectivity index (χ0) is 23.9. The van der Waals surface area contributed by atoms with Gasteiger partial charge in [0.1, 0.15) is 28.5 Å². The number of aromatic hydroxyl groups is 1. The highest BCUT2D eigenvalue weighted by Gasteiger charge is 2.30. The van der Waals surface area contributed by atoms with Crippen LogP contribution in [0.25, 0.3) is 10.2 Å². The zero-order valence-corrected chi connectivity index (χ0v) is 20.8. The van der Waals surface area contributed by atoms with Crippen LogP contribution < -0.4 is 4.90 Å². The Labute approximate surface area is 212 Å². The van der Waals surface area contributed by atoms with Crippen molar-refractivity contribution in [2.75, 3.05) is 31.1 Å². The summed E-state index contributed by atoms with van der Waals surface area (Å²) in [5.41, 5.74) is 3.10. The van der Waals surface area contributed by atoms with Gasteiger partial charge in [0.15, 0.2) is 0 Å². The predicted molar refractivity (Wildman–Crippen MR) is 139 cm³/mol. The summed E-state index contributed by atoms with van der Waals surface area (Å²) in [6.07, 6.45) is 6.42. The fourth-order valence-electron chi connectivity index (χ4n) is 5.49. The Kier molecular flexibility index (Phi) is 6.08. The van der Waals surface area contributed by atoms with Gasteiger partial charge in [0.05, 0.1) is 16.5 Å². The van der Waals surface area contributed by atoms with Crippen molar-refractivity contribution < 1.29 is 9.50 Å². The number of aryl methyl sites for hydroxylation is 2. The van der Waals surface area contributed by atoms with Gasteiger partial charge in [0, 0.05) is 36.6 Å². The van der Waals surface area contributed by atoms with Crippen molar-refractivity contribution in [3.8, 4) is 5.75 Å². The Morgan fingerprint density at radius 2 is 1.80 bits per heavy atom. The highest BCUT2D eigenvalue weighted by Crippen LogP contribution is 2.40. The Hall–Kier alpha value is -2.74. The van der Waals surface area contributed by atoms with Crippen LogP contribution in [-0.4, -0.2) is 46.2 Å². The number of piperazine rings is 1. The van der Waals surface area contributed by atoms with Gasteiger partial charge in [-0.05, 0) is 55.0 Å². The molecule has 0 bridgehead atoms. The number of phenolic OH excluding ortho intramolecular Hbond substituents is 1. The van der Waals surface area contributed by atoms with E-state index in [-0.39, 0.29) is 16.8 Å². The number of benzene rings is 2. The molecule has 0 spiro atoms. The van der Waals surface area contributed by atoms with Crippen LogP contribution in [0.1, 0.15) is 40.5 Å². The van der Waals surface area contributed by atoms with Gasteiger partial charge in [-0.15, -0.1) is 11.3 Å². The lowest BCUT2D eigenvalue weighted by Crippen LogP contribution is -2.48. The Bertz CT molecular complexity index is 1390. The van der Waals surface area contributed by atoms with Crippen molar-refractivity contribution >= 4 is 39.0 Å². The number of phenols is 1. The van der Waals surface area contributed by atoms with Gasteiger partial charge in [-0.3, -0.25) is 4.90 Å². The molecule has 0 radical (unpaired) electrons. The fourth-order valence-corrected chi connectivity index (χ4v) is 6.91. The van der Waals surface area contributed by atoms with Crippen LogP contribution in [0, 0.1) is 5.82 Å². The zero-order valence-electron chi connectivity index (χ0n) is 19.3. The van der Waals surface area contributed by atoms with E-state index < -0.39 is 5.82 Å². The number of hydrogen-bond donors (Lipinski definition) is 1. The first kappa shape index (κ1) is 22.7. The summed E-state index contributed by atoms with van der Waals surface area (Å²) in [5.74, 6) is 0.823. The van der Waals surface area contributed by atoms with Crippen LogP contribution in [0.4, 0.5) is 10.2 Å². The lowest BCUT2D eigenvalue weighted by Gasteiger charge is -2.40. The van der Waals surface area contributed by atoms with Crippen molar-refractivity contribution in [2.24, 2.45) is 0 Å². The lowest BCUT2D eigenvalue weighted by molar-refractivity contribution is 0.209. The molecule has 2 aromatic heterocycles. The van der Waals surface area contributed by atoms with Crippen molar-refractivity contribution in [3.05, 3.63) is 81.2 Å². The molecule has 2 aromatic carbocycles. The molecule has 2 aliphatic rings. The first-order valence-corrected chi connectivity index (χ1v) is 13.3. The van der Waals surface area contributed by atoms with Gasteiger partial charge in [-0.25, -0.2) is 14.4 Å². The smallest absolute Gasteiger partial charge is 0.141 e. The topological polar surface area (TPSA) is 52.5 Å². The molecule has 6 rings (SSSR count). The first-order chi connectivity index (χ1) is 17.1. The van der Waals surface area contributed by atoms with Crippen LogP contribution in [0.5, 0.6) is 5.75 Å². The number of fused-ring (bicyclic) bond motifs is 3. The van der Waals surface area contributed by atoms with Crippen LogP contribution in [0.3, 0.4) is 0 Å². The molecule has 1 aliphatic heterocycles. The summed E-state index contributed by atoms with van der Waals surface area (Å²) < 4.78 is 13.9.